The molecular weight excluding hydrogens is 236 g/mol. The number of hydrogen-bond donors (Lipinski definition) is 0. The first kappa shape index (κ1) is 13.2. The Hall–Kier alpha value is -2.86. The maximum absolute atomic E-state index is 10.8. The van der Waals surface area contributed by atoms with Gasteiger partial charge in [-0.3, -0.25) is 14.9 Å². The van der Waals surface area contributed by atoms with Gasteiger partial charge in [0, 0.05) is 11.6 Å². The molecule has 0 radical (unpaired) electrons. The highest BCUT2D eigenvalue weighted by Crippen LogP contribution is 2.18. The molecule has 0 saturated carbocycles. The zero-order valence-electron chi connectivity index (χ0n) is 9.47. The van der Waals surface area contributed by atoms with Crippen LogP contribution in [0.4, 0.5) is 5.69 Å². The summed E-state index contributed by atoms with van der Waals surface area (Å²) in [6, 6.07) is 5.72. The fourth-order valence-corrected chi connectivity index (χ4v) is 1.15. The lowest BCUT2D eigenvalue weighted by Crippen LogP contribution is -1.97. The predicted octanol–water partition coefficient (Wildman–Crippen LogP) is 1.38. The molecule has 6 nitrogen and oxygen atoms in total. The minimum Gasteiger partial charge on any atom is -0.468 e. The molecule has 0 aliphatic rings. The molecule has 0 amide bonds. The molecule has 0 fully saturated rings. The van der Waals surface area contributed by atoms with Crippen LogP contribution in [0.15, 0.2) is 18.2 Å². The Morgan fingerprint density at radius 3 is 2.83 bits per heavy atom. The molecule has 0 N–H and O–H groups in total. The quantitative estimate of drug-likeness (QED) is 0.339. The molecule has 1 rings (SSSR count). The summed E-state index contributed by atoms with van der Waals surface area (Å²) >= 11 is 0. The number of hydrogen-bond acceptors (Lipinski definition) is 5. The van der Waals surface area contributed by atoms with E-state index in [9.17, 15) is 14.9 Å². The first-order valence-electron chi connectivity index (χ1n) is 4.82. The molecule has 0 aliphatic heterocycles. The van der Waals surface area contributed by atoms with Gasteiger partial charge in [0.05, 0.1) is 12.0 Å². The average Bonchev–Trinajstić information content (AvgIpc) is 2.38. The van der Waals surface area contributed by atoms with Crippen molar-refractivity contribution in [2.24, 2.45) is 0 Å². The Balaban J connectivity index is 2.99. The van der Waals surface area contributed by atoms with Crippen LogP contribution in [0.5, 0.6) is 0 Å². The Morgan fingerprint density at radius 1 is 1.56 bits per heavy atom. The van der Waals surface area contributed by atoms with Crippen LogP contribution < -0.4 is 0 Å². The lowest BCUT2D eigenvalue weighted by atomic mass is 10.1. The molecule has 1 aromatic carbocycles. The number of nitro groups is 1. The first-order chi connectivity index (χ1) is 8.58. The van der Waals surface area contributed by atoms with Gasteiger partial charge in [0.15, 0.2) is 0 Å². The Morgan fingerprint density at radius 2 is 2.28 bits per heavy atom. The summed E-state index contributed by atoms with van der Waals surface area (Å²) in [4.78, 5) is 20.8. The highest BCUT2D eigenvalue weighted by molar-refractivity contribution is 5.72. The number of benzene rings is 1. The Bertz CT molecular complexity index is 590. The van der Waals surface area contributed by atoms with Gasteiger partial charge in [0.1, 0.15) is 18.1 Å². The van der Waals surface area contributed by atoms with Crippen LogP contribution in [0.3, 0.4) is 0 Å². The van der Waals surface area contributed by atoms with Crippen molar-refractivity contribution in [1.82, 2.24) is 0 Å². The standard InChI is InChI=1S/C12H8N2O4/c1-18-12(15)4-2-3-9-5-6-10(8-13)11(7-9)14(16)17/h5-7H,4H2,1H3. The highest BCUT2D eigenvalue weighted by atomic mass is 16.6. The number of rotatable bonds is 2. The van der Waals surface area contributed by atoms with Gasteiger partial charge in [-0.05, 0) is 12.1 Å². The van der Waals surface area contributed by atoms with Gasteiger partial charge >= 0.3 is 5.97 Å². The first-order valence-corrected chi connectivity index (χ1v) is 4.82. The van der Waals surface area contributed by atoms with Crippen molar-refractivity contribution in [3.8, 4) is 17.9 Å². The van der Waals surface area contributed by atoms with Crippen LogP contribution in [-0.4, -0.2) is 18.0 Å². The lowest BCUT2D eigenvalue weighted by Gasteiger charge is -1.95. The van der Waals surface area contributed by atoms with Crippen LogP contribution in [0.1, 0.15) is 17.5 Å². The molecule has 18 heavy (non-hydrogen) atoms. The van der Waals surface area contributed by atoms with E-state index in [0.29, 0.717) is 5.56 Å². The summed E-state index contributed by atoms with van der Waals surface area (Å²) < 4.78 is 4.39. The van der Waals surface area contributed by atoms with Crippen LogP contribution in [0.25, 0.3) is 0 Å². The van der Waals surface area contributed by atoms with Crippen molar-refractivity contribution in [2.75, 3.05) is 7.11 Å². The van der Waals surface area contributed by atoms with E-state index in [-0.39, 0.29) is 17.7 Å². The number of methoxy groups -OCH3 is 1. The second kappa shape index (κ2) is 6.02. The average molecular weight is 244 g/mol. The number of nitrogens with zero attached hydrogens (tertiary/aromatic N) is 2. The number of nitriles is 1. The monoisotopic (exact) mass is 244 g/mol. The van der Waals surface area contributed by atoms with E-state index < -0.39 is 10.9 Å². The Labute approximate surface area is 103 Å². The van der Waals surface area contributed by atoms with Crippen molar-refractivity contribution in [3.63, 3.8) is 0 Å². The van der Waals surface area contributed by atoms with E-state index >= 15 is 0 Å². The molecule has 0 saturated heterocycles. The number of carbonyl (C=O) groups excluding carboxylic acids is 1. The molecule has 0 aromatic heterocycles. The second-order valence-corrected chi connectivity index (χ2v) is 3.16. The van der Waals surface area contributed by atoms with Gasteiger partial charge in [-0.15, -0.1) is 0 Å². The number of ether oxygens (including phenoxy) is 1. The van der Waals surface area contributed by atoms with E-state index in [1.54, 1.807) is 6.07 Å². The third-order valence-corrected chi connectivity index (χ3v) is 2.01. The summed E-state index contributed by atoms with van der Waals surface area (Å²) in [5, 5.41) is 19.4. The van der Waals surface area contributed by atoms with Gasteiger partial charge < -0.3 is 4.74 Å². The van der Waals surface area contributed by atoms with E-state index in [1.807, 2.05) is 0 Å². The summed E-state index contributed by atoms with van der Waals surface area (Å²) in [6.45, 7) is 0. The number of carbonyl (C=O) groups is 1. The third kappa shape index (κ3) is 3.32. The topological polar surface area (TPSA) is 93.2 Å². The molecule has 1 aromatic rings. The Kier molecular flexibility index (Phi) is 4.42. The smallest absolute Gasteiger partial charge is 0.317 e. The zero-order valence-corrected chi connectivity index (χ0v) is 9.47. The maximum atomic E-state index is 10.8. The summed E-state index contributed by atoms with van der Waals surface area (Å²) in [5.41, 5.74) is 0.0329. The fourth-order valence-electron chi connectivity index (χ4n) is 1.15. The van der Waals surface area contributed by atoms with Gasteiger partial charge in [-0.1, -0.05) is 11.8 Å². The molecule has 6 heteroatoms. The molecule has 0 heterocycles. The van der Waals surface area contributed by atoms with Gasteiger partial charge in [0.25, 0.3) is 5.69 Å². The van der Waals surface area contributed by atoms with E-state index in [4.69, 9.17) is 5.26 Å². The minimum atomic E-state index is -0.649. The molecule has 0 unspecified atom stereocenters. The van der Waals surface area contributed by atoms with Crippen molar-refractivity contribution < 1.29 is 14.5 Å². The van der Waals surface area contributed by atoms with Crippen LogP contribution in [0.2, 0.25) is 0 Å². The third-order valence-electron chi connectivity index (χ3n) is 2.01. The van der Waals surface area contributed by atoms with Crippen molar-refractivity contribution in [2.45, 2.75) is 6.42 Å². The van der Waals surface area contributed by atoms with Crippen molar-refractivity contribution in [1.29, 1.82) is 5.26 Å². The predicted molar refractivity (Wildman–Crippen MR) is 61.3 cm³/mol. The zero-order chi connectivity index (χ0) is 13.5. The minimum absolute atomic E-state index is 0.0292. The summed E-state index contributed by atoms with van der Waals surface area (Å²) in [6.07, 6.45) is -0.0930. The van der Waals surface area contributed by atoms with Gasteiger partial charge in [0.2, 0.25) is 0 Å². The van der Waals surface area contributed by atoms with Gasteiger partial charge in [-0.2, -0.15) is 5.26 Å². The van der Waals surface area contributed by atoms with Gasteiger partial charge in [-0.25, -0.2) is 0 Å². The van der Waals surface area contributed by atoms with E-state index in [2.05, 4.69) is 16.6 Å². The normalized spacial score (nSPS) is 8.67. The molecule has 0 spiro atoms. The largest absolute Gasteiger partial charge is 0.468 e. The summed E-state index contributed by atoms with van der Waals surface area (Å²) in [7, 11) is 1.25. The van der Waals surface area contributed by atoms with Crippen molar-refractivity contribution in [3.05, 3.63) is 39.4 Å². The van der Waals surface area contributed by atoms with E-state index in [0.717, 1.165) is 0 Å². The second-order valence-electron chi connectivity index (χ2n) is 3.16. The van der Waals surface area contributed by atoms with Crippen LogP contribution in [0, 0.1) is 33.3 Å². The number of nitro benzene ring substituents is 1. The molecule has 0 atom stereocenters. The maximum Gasteiger partial charge on any atom is 0.317 e. The van der Waals surface area contributed by atoms with Crippen LogP contribution >= 0.6 is 0 Å². The fraction of sp³-hybridized carbons (Fsp3) is 0.167. The van der Waals surface area contributed by atoms with Crippen LogP contribution in [-0.2, 0) is 9.53 Å². The number of esters is 1. The lowest BCUT2D eigenvalue weighted by molar-refractivity contribution is -0.385. The molecule has 90 valence electrons. The molecule has 0 bridgehead atoms. The highest BCUT2D eigenvalue weighted by Gasteiger charge is 2.13. The van der Waals surface area contributed by atoms with Crippen molar-refractivity contribution >= 4 is 11.7 Å². The molecular formula is C12H8N2O4. The SMILES string of the molecule is COC(=O)CC#Cc1ccc(C#N)c([N+](=O)[O-])c1. The summed E-state index contributed by atoms with van der Waals surface area (Å²) in [5.74, 6) is 4.64. The van der Waals surface area contributed by atoms with E-state index in [1.165, 1.54) is 25.3 Å². The molecule has 0 aliphatic carbocycles.